The first kappa shape index (κ1) is 11.1. The van der Waals surface area contributed by atoms with Crippen LogP contribution in [0.2, 0.25) is 5.02 Å². The van der Waals surface area contributed by atoms with Crippen LogP contribution in [-0.2, 0) is 6.42 Å². The van der Waals surface area contributed by atoms with Crippen LogP contribution in [0.3, 0.4) is 0 Å². The molecule has 0 radical (unpaired) electrons. The fourth-order valence-corrected chi connectivity index (χ4v) is 1.72. The van der Waals surface area contributed by atoms with Gasteiger partial charge in [0.2, 0.25) is 0 Å². The third-order valence-electron chi connectivity index (χ3n) is 2.29. The van der Waals surface area contributed by atoms with Crippen molar-refractivity contribution in [3.8, 4) is 5.69 Å². The first-order valence-corrected chi connectivity index (χ1v) is 5.28. The van der Waals surface area contributed by atoms with Gasteiger partial charge < -0.3 is 5.73 Å². The molecule has 0 fully saturated rings. The third-order valence-corrected chi connectivity index (χ3v) is 2.48. The van der Waals surface area contributed by atoms with Crippen molar-refractivity contribution in [1.82, 2.24) is 9.78 Å². The van der Waals surface area contributed by atoms with Gasteiger partial charge in [0.25, 0.3) is 0 Å². The largest absolute Gasteiger partial charge is 0.330 e. The Kier molecular flexibility index (Phi) is 3.22. The van der Waals surface area contributed by atoms with Gasteiger partial charge in [-0.2, -0.15) is 5.10 Å². The highest BCUT2D eigenvalue weighted by molar-refractivity contribution is 6.30. The summed E-state index contributed by atoms with van der Waals surface area (Å²) in [6.45, 7) is 0.392. The molecule has 5 heteroatoms. The summed E-state index contributed by atoms with van der Waals surface area (Å²) in [5.74, 6) is -0.269. The maximum atomic E-state index is 13.6. The highest BCUT2D eigenvalue weighted by Crippen LogP contribution is 2.19. The molecule has 84 valence electrons. The summed E-state index contributed by atoms with van der Waals surface area (Å²) in [5, 5.41) is 4.56. The molecule has 0 saturated heterocycles. The molecule has 16 heavy (non-hydrogen) atoms. The summed E-state index contributed by atoms with van der Waals surface area (Å²) in [7, 11) is 0. The normalized spacial score (nSPS) is 10.7. The molecule has 1 aromatic carbocycles. The zero-order valence-electron chi connectivity index (χ0n) is 8.53. The summed E-state index contributed by atoms with van der Waals surface area (Å²) < 4.78 is 15.2. The topological polar surface area (TPSA) is 43.8 Å². The average Bonchev–Trinajstić information content (AvgIpc) is 2.68. The minimum atomic E-state index is -0.269. The zero-order chi connectivity index (χ0) is 11.5. The number of rotatable bonds is 3. The van der Waals surface area contributed by atoms with Crippen molar-refractivity contribution < 1.29 is 4.39 Å². The number of hydrogen-bond acceptors (Lipinski definition) is 2. The summed E-state index contributed by atoms with van der Waals surface area (Å²) in [6, 6.07) is 4.84. The standard InChI is InChI=1S/C11H11ClFN3/c12-8-6-15-16(7-8)11-3-1-2-10(13)9(11)4-5-14/h1-3,6-7H,4-5,14H2. The van der Waals surface area contributed by atoms with Crippen LogP contribution in [0.4, 0.5) is 4.39 Å². The molecule has 2 aromatic rings. The Hall–Kier alpha value is -1.39. The summed E-state index contributed by atoms with van der Waals surface area (Å²) in [5.41, 5.74) is 6.70. The number of aromatic nitrogens is 2. The Bertz CT molecular complexity index is 496. The average molecular weight is 240 g/mol. The van der Waals surface area contributed by atoms with Crippen LogP contribution in [0.25, 0.3) is 5.69 Å². The van der Waals surface area contributed by atoms with Gasteiger partial charge in [0.05, 0.1) is 16.9 Å². The van der Waals surface area contributed by atoms with Gasteiger partial charge in [-0.1, -0.05) is 17.7 Å². The van der Waals surface area contributed by atoms with Crippen LogP contribution in [0.15, 0.2) is 30.6 Å². The molecular weight excluding hydrogens is 229 g/mol. The van der Waals surface area contributed by atoms with Crippen LogP contribution in [0.5, 0.6) is 0 Å². The highest BCUT2D eigenvalue weighted by atomic mass is 35.5. The minimum Gasteiger partial charge on any atom is -0.330 e. The first-order chi connectivity index (χ1) is 7.72. The van der Waals surface area contributed by atoms with Crippen LogP contribution in [-0.4, -0.2) is 16.3 Å². The van der Waals surface area contributed by atoms with Crippen LogP contribution < -0.4 is 5.73 Å². The van der Waals surface area contributed by atoms with E-state index in [1.807, 2.05) is 0 Å². The van der Waals surface area contributed by atoms with Crippen molar-refractivity contribution in [2.75, 3.05) is 6.54 Å². The zero-order valence-corrected chi connectivity index (χ0v) is 9.28. The summed E-state index contributed by atoms with van der Waals surface area (Å²) >= 11 is 5.78. The van der Waals surface area contributed by atoms with E-state index in [1.54, 1.807) is 23.0 Å². The van der Waals surface area contributed by atoms with E-state index in [0.717, 1.165) is 0 Å². The monoisotopic (exact) mass is 239 g/mol. The Morgan fingerprint density at radius 1 is 1.44 bits per heavy atom. The Balaban J connectivity index is 2.51. The van der Waals surface area contributed by atoms with E-state index in [2.05, 4.69) is 5.10 Å². The second kappa shape index (κ2) is 4.63. The maximum Gasteiger partial charge on any atom is 0.128 e. The second-order valence-corrected chi connectivity index (χ2v) is 3.82. The molecule has 0 atom stereocenters. The molecule has 0 spiro atoms. The van der Waals surface area contributed by atoms with E-state index in [0.29, 0.717) is 29.2 Å². The van der Waals surface area contributed by atoms with Crippen LogP contribution >= 0.6 is 11.6 Å². The van der Waals surface area contributed by atoms with Gasteiger partial charge in [-0.3, -0.25) is 0 Å². The lowest BCUT2D eigenvalue weighted by Crippen LogP contribution is -2.09. The molecular formula is C11H11ClFN3. The molecule has 0 aliphatic rings. The van der Waals surface area contributed by atoms with Gasteiger partial charge in [-0.15, -0.1) is 0 Å². The molecule has 0 bridgehead atoms. The number of nitrogens with zero attached hydrogens (tertiary/aromatic N) is 2. The van der Waals surface area contributed by atoms with Crippen LogP contribution in [0, 0.1) is 5.82 Å². The predicted octanol–water partition coefficient (Wildman–Crippen LogP) is 2.17. The lowest BCUT2D eigenvalue weighted by atomic mass is 10.1. The Morgan fingerprint density at radius 2 is 2.25 bits per heavy atom. The molecule has 0 amide bonds. The van der Waals surface area contributed by atoms with Crippen LogP contribution in [0.1, 0.15) is 5.56 Å². The van der Waals surface area contributed by atoms with Crippen molar-refractivity contribution in [3.05, 3.63) is 47.0 Å². The van der Waals surface area contributed by atoms with Gasteiger partial charge in [-0.25, -0.2) is 9.07 Å². The van der Waals surface area contributed by atoms with E-state index >= 15 is 0 Å². The third kappa shape index (κ3) is 2.08. The van der Waals surface area contributed by atoms with E-state index in [4.69, 9.17) is 17.3 Å². The number of halogens is 2. The summed E-state index contributed by atoms with van der Waals surface area (Å²) in [4.78, 5) is 0. The van der Waals surface area contributed by atoms with Gasteiger partial charge in [0, 0.05) is 11.8 Å². The molecule has 1 aromatic heterocycles. The predicted molar refractivity (Wildman–Crippen MR) is 61.3 cm³/mol. The Morgan fingerprint density at radius 3 is 2.88 bits per heavy atom. The number of benzene rings is 1. The molecule has 0 saturated carbocycles. The van der Waals surface area contributed by atoms with E-state index < -0.39 is 0 Å². The van der Waals surface area contributed by atoms with Crippen molar-refractivity contribution >= 4 is 11.6 Å². The second-order valence-electron chi connectivity index (χ2n) is 3.38. The lowest BCUT2D eigenvalue weighted by molar-refractivity contribution is 0.606. The van der Waals surface area contributed by atoms with Crippen molar-refractivity contribution in [2.45, 2.75) is 6.42 Å². The van der Waals surface area contributed by atoms with Crippen molar-refractivity contribution in [3.63, 3.8) is 0 Å². The van der Waals surface area contributed by atoms with E-state index in [9.17, 15) is 4.39 Å². The van der Waals surface area contributed by atoms with E-state index in [1.165, 1.54) is 12.3 Å². The molecule has 3 nitrogen and oxygen atoms in total. The smallest absolute Gasteiger partial charge is 0.128 e. The van der Waals surface area contributed by atoms with Gasteiger partial charge in [0.15, 0.2) is 0 Å². The van der Waals surface area contributed by atoms with Gasteiger partial charge in [-0.05, 0) is 25.1 Å². The van der Waals surface area contributed by atoms with E-state index in [-0.39, 0.29) is 5.82 Å². The van der Waals surface area contributed by atoms with Crippen molar-refractivity contribution in [2.24, 2.45) is 5.73 Å². The molecule has 0 unspecified atom stereocenters. The number of hydrogen-bond donors (Lipinski definition) is 1. The maximum absolute atomic E-state index is 13.6. The first-order valence-electron chi connectivity index (χ1n) is 4.90. The highest BCUT2D eigenvalue weighted by Gasteiger charge is 2.09. The number of nitrogens with two attached hydrogens (primary N) is 1. The minimum absolute atomic E-state index is 0.269. The molecule has 0 aliphatic heterocycles. The quantitative estimate of drug-likeness (QED) is 0.892. The van der Waals surface area contributed by atoms with Crippen molar-refractivity contribution in [1.29, 1.82) is 0 Å². The fraction of sp³-hybridized carbons (Fsp3) is 0.182. The molecule has 2 N–H and O–H groups in total. The molecule has 0 aliphatic carbocycles. The lowest BCUT2D eigenvalue weighted by Gasteiger charge is -2.09. The fourth-order valence-electron chi connectivity index (χ4n) is 1.59. The molecule has 2 rings (SSSR count). The SMILES string of the molecule is NCCc1c(F)cccc1-n1cc(Cl)cn1. The Labute approximate surface area is 97.6 Å². The molecule has 1 heterocycles. The van der Waals surface area contributed by atoms with Gasteiger partial charge in [0.1, 0.15) is 5.82 Å². The van der Waals surface area contributed by atoms with Gasteiger partial charge >= 0.3 is 0 Å². The summed E-state index contributed by atoms with van der Waals surface area (Å²) in [6.07, 6.45) is 3.62.